The Kier molecular flexibility index (Phi) is 14.4. The molecule has 0 aliphatic carbocycles. The van der Waals surface area contributed by atoms with Crippen molar-refractivity contribution < 1.29 is 0 Å². The van der Waals surface area contributed by atoms with Crippen LogP contribution in [0.2, 0.25) is 0 Å². The number of rotatable bonds is 15. The van der Waals surface area contributed by atoms with E-state index >= 15 is 0 Å². The molecule has 0 aliphatic heterocycles. The molecule has 0 aliphatic rings. The third-order valence-electron chi connectivity index (χ3n) is 5.93. The van der Waals surface area contributed by atoms with Gasteiger partial charge in [-0.3, -0.25) is 0 Å². The maximum absolute atomic E-state index is 3.47. The molecule has 0 aromatic carbocycles. The van der Waals surface area contributed by atoms with E-state index in [1.165, 1.54) is 70.6 Å². The second kappa shape index (κ2) is 14.7. The lowest BCUT2D eigenvalue weighted by Crippen LogP contribution is -2.25. The fourth-order valence-electron chi connectivity index (χ4n) is 4.35. The van der Waals surface area contributed by atoms with Crippen molar-refractivity contribution >= 4 is 0 Å². The first-order chi connectivity index (χ1) is 11.9. The Morgan fingerprint density at radius 2 is 1.60 bits per heavy atom. The molecule has 0 nitrogen and oxygen atoms in total. The highest BCUT2D eigenvalue weighted by atomic mass is 14.3. The van der Waals surface area contributed by atoms with Gasteiger partial charge in [0.05, 0.1) is 0 Å². The first-order valence-corrected chi connectivity index (χ1v) is 11.3. The van der Waals surface area contributed by atoms with E-state index in [1.54, 1.807) is 0 Å². The standard InChI is InChI=1S/C25H48/c1-8-11-20-24(10-3)25(6,7)21-23(5)19-16-14-12-13-15-18-22(4)17-9-2/h14,19,22-24H,8-13,15,17-18,20-21H2,1-7H3. The van der Waals surface area contributed by atoms with Crippen LogP contribution in [0, 0.1) is 23.2 Å². The second-order valence-corrected chi connectivity index (χ2v) is 9.13. The molecule has 3 unspecified atom stereocenters. The molecule has 0 aromatic heterocycles. The van der Waals surface area contributed by atoms with Gasteiger partial charge in [0.2, 0.25) is 0 Å². The van der Waals surface area contributed by atoms with E-state index in [-0.39, 0.29) is 0 Å². The summed E-state index contributed by atoms with van der Waals surface area (Å²) in [6, 6.07) is 0. The molecule has 0 heterocycles. The Morgan fingerprint density at radius 3 is 2.20 bits per heavy atom. The van der Waals surface area contributed by atoms with Crippen LogP contribution in [0.5, 0.6) is 0 Å². The van der Waals surface area contributed by atoms with Gasteiger partial charge in [0, 0.05) is 0 Å². The van der Waals surface area contributed by atoms with Gasteiger partial charge < -0.3 is 0 Å². The molecule has 3 atom stereocenters. The van der Waals surface area contributed by atoms with Crippen LogP contribution in [0.1, 0.15) is 119 Å². The summed E-state index contributed by atoms with van der Waals surface area (Å²) in [6.45, 7) is 16.7. The summed E-state index contributed by atoms with van der Waals surface area (Å²) in [5.41, 5.74) is 3.91. The Labute approximate surface area is 160 Å². The molecule has 0 fully saturated rings. The monoisotopic (exact) mass is 348 g/mol. The maximum atomic E-state index is 3.47. The highest BCUT2D eigenvalue weighted by molar-refractivity contribution is 4.91. The van der Waals surface area contributed by atoms with Gasteiger partial charge in [-0.15, -0.1) is 5.73 Å². The van der Waals surface area contributed by atoms with Crippen LogP contribution in [0.3, 0.4) is 0 Å². The van der Waals surface area contributed by atoms with Gasteiger partial charge in [0.15, 0.2) is 0 Å². The molecule has 0 bridgehead atoms. The van der Waals surface area contributed by atoms with E-state index in [2.05, 4.69) is 66.3 Å². The van der Waals surface area contributed by atoms with E-state index in [0.29, 0.717) is 11.3 Å². The molecule has 0 amide bonds. The van der Waals surface area contributed by atoms with E-state index < -0.39 is 0 Å². The Balaban J connectivity index is 4.16. The van der Waals surface area contributed by atoms with Gasteiger partial charge in [-0.05, 0) is 61.0 Å². The average molecular weight is 349 g/mol. The first-order valence-electron chi connectivity index (χ1n) is 11.3. The molecule has 0 saturated heterocycles. The van der Waals surface area contributed by atoms with Gasteiger partial charge in [-0.25, -0.2) is 0 Å². The van der Waals surface area contributed by atoms with E-state index in [9.17, 15) is 0 Å². The summed E-state index contributed by atoms with van der Waals surface area (Å²) in [5, 5.41) is 0. The predicted octanol–water partition coefficient (Wildman–Crippen LogP) is 8.96. The minimum Gasteiger partial charge on any atom is -0.129 e. The predicted molar refractivity (Wildman–Crippen MR) is 116 cm³/mol. The van der Waals surface area contributed by atoms with Crippen molar-refractivity contribution in [2.75, 3.05) is 0 Å². The summed E-state index contributed by atoms with van der Waals surface area (Å²) in [4.78, 5) is 0. The van der Waals surface area contributed by atoms with Crippen molar-refractivity contribution in [3.05, 3.63) is 17.9 Å². The molecule has 0 spiro atoms. The quantitative estimate of drug-likeness (QED) is 0.204. The van der Waals surface area contributed by atoms with Crippen molar-refractivity contribution in [3.63, 3.8) is 0 Å². The van der Waals surface area contributed by atoms with Crippen LogP contribution in [-0.4, -0.2) is 0 Å². The molecule has 25 heavy (non-hydrogen) atoms. The minimum absolute atomic E-state index is 0.441. The van der Waals surface area contributed by atoms with Gasteiger partial charge in [-0.2, -0.15) is 0 Å². The topological polar surface area (TPSA) is 0 Å². The number of unbranched alkanes of at least 4 members (excludes halogenated alkanes) is 3. The molecule has 0 heteroatoms. The maximum Gasteiger partial charge on any atom is -0.0181 e. The van der Waals surface area contributed by atoms with E-state index in [4.69, 9.17) is 0 Å². The molecule has 0 radical (unpaired) electrons. The summed E-state index contributed by atoms with van der Waals surface area (Å²) >= 11 is 0. The fraction of sp³-hybridized carbons (Fsp3) is 0.880. The van der Waals surface area contributed by atoms with Crippen LogP contribution in [0.25, 0.3) is 0 Å². The van der Waals surface area contributed by atoms with Crippen LogP contribution in [-0.2, 0) is 0 Å². The van der Waals surface area contributed by atoms with Gasteiger partial charge in [0.25, 0.3) is 0 Å². The van der Waals surface area contributed by atoms with Crippen molar-refractivity contribution in [2.24, 2.45) is 23.2 Å². The lowest BCUT2D eigenvalue weighted by Gasteiger charge is -2.35. The summed E-state index contributed by atoms with van der Waals surface area (Å²) < 4.78 is 0. The van der Waals surface area contributed by atoms with Crippen LogP contribution >= 0.6 is 0 Å². The Morgan fingerprint density at radius 1 is 0.880 bits per heavy atom. The van der Waals surface area contributed by atoms with Crippen molar-refractivity contribution in [2.45, 2.75) is 119 Å². The molecule has 0 aromatic rings. The SMILES string of the molecule is CCCCC(CC)C(C)(C)CC(C)C=C=CCCCCC(C)CCC. The highest BCUT2D eigenvalue weighted by Crippen LogP contribution is 2.39. The molecule has 0 rings (SSSR count). The zero-order chi connectivity index (χ0) is 19.1. The third-order valence-corrected chi connectivity index (χ3v) is 5.93. The molecular formula is C25H48. The minimum atomic E-state index is 0.441. The molecule has 0 N–H and O–H groups in total. The van der Waals surface area contributed by atoms with Crippen LogP contribution in [0.15, 0.2) is 17.9 Å². The summed E-state index contributed by atoms with van der Waals surface area (Å²) in [7, 11) is 0. The fourth-order valence-corrected chi connectivity index (χ4v) is 4.35. The van der Waals surface area contributed by atoms with Crippen molar-refractivity contribution in [1.29, 1.82) is 0 Å². The average Bonchev–Trinajstić information content (AvgIpc) is 2.54. The van der Waals surface area contributed by atoms with Crippen LogP contribution in [0.4, 0.5) is 0 Å². The normalized spacial score (nSPS) is 15.3. The van der Waals surface area contributed by atoms with Crippen LogP contribution < -0.4 is 0 Å². The Hall–Kier alpha value is -0.480. The zero-order valence-corrected chi connectivity index (χ0v) is 18.7. The van der Waals surface area contributed by atoms with E-state index in [1.807, 2.05) is 0 Å². The summed E-state index contributed by atoms with van der Waals surface area (Å²) in [5.74, 6) is 2.40. The lowest BCUT2D eigenvalue weighted by molar-refractivity contribution is 0.158. The van der Waals surface area contributed by atoms with E-state index in [0.717, 1.165) is 11.8 Å². The van der Waals surface area contributed by atoms with Gasteiger partial charge in [-0.1, -0.05) is 93.4 Å². The number of hydrogen-bond donors (Lipinski definition) is 0. The van der Waals surface area contributed by atoms with Gasteiger partial charge >= 0.3 is 0 Å². The van der Waals surface area contributed by atoms with Gasteiger partial charge in [0.1, 0.15) is 0 Å². The lowest BCUT2D eigenvalue weighted by atomic mass is 9.70. The van der Waals surface area contributed by atoms with Crippen molar-refractivity contribution in [3.8, 4) is 0 Å². The molecule has 148 valence electrons. The summed E-state index contributed by atoms with van der Waals surface area (Å²) in [6.07, 6.45) is 19.3. The first kappa shape index (κ1) is 24.5. The zero-order valence-electron chi connectivity index (χ0n) is 18.7. The third kappa shape index (κ3) is 12.5. The van der Waals surface area contributed by atoms with Crippen molar-refractivity contribution in [1.82, 2.24) is 0 Å². The largest absolute Gasteiger partial charge is 0.129 e. The number of hydrogen-bond acceptors (Lipinski definition) is 0. The molecule has 0 saturated carbocycles. The molecular weight excluding hydrogens is 300 g/mol. The smallest absolute Gasteiger partial charge is 0.0181 e. The second-order valence-electron chi connectivity index (χ2n) is 9.13. The Bertz CT molecular complexity index is 356. The highest BCUT2D eigenvalue weighted by Gasteiger charge is 2.28. The number of allylic oxidation sites excluding steroid dienone is 1.